The fraction of sp³-hybridized carbons (Fsp3) is 0.360. The third-order valence-electron chi connectivity index (χ3n) is 6.81. The summed E-state index contributed by atoms with van der Waals surface area (Å²) in [5.74, 6) is 2.33. The van der Waals surface area contributed by atoms with E-state index in [1.807, 2.05) is 36.2 Å². The van der Waals surface area contributed by atoms with Crippen LogP contribution in [-0.2, 0) is 6.42 Å². The van der Waals surface area contributed by atoms with Crippen LogP contribution in [0, 0.1) is 18.3 Å². The van der Waals surface area contributed by atoms with E-state index < -0.39 is 0 Å². The molecule has 1 amide bonds. The first-order valence-corrected chi connectivity index (χ1v) is 10.9. The quantitative estimate of drug-likeness (QED) is 0.642. The molecule has 0 saturated carbocycles. The maximum absolute atomic E-state index is 13.2. The number of carbonyl (C=O) groups excluding carboxylic acids is 1. The summed E-state index contributed by atoms with van der Waals surface area (Å²) in [4.78, 5) is 30.6. The van der Waals surface area contributed by atoms with Gasteiger partial charge in [0.2, 0.25) is 0 Å². The van der Waals surface area contributed by atoms with Crippen molar-refractivity contribution < 1.29 is 4.79 Å². The SMILES string of the molecule is Cc1nccc(N2C[C@H]3CN(C(=O)c4ccncc4)C[C@@]3(CCc3ccccc3)C2)n1. The first-order valence-electron chi connectivity index (χ1n) is 10.9. The molecular weight excluding hydrogens is 386 g/mol. The summed E-state index contributed by atoms with van der Waals surface area (Å²) in [7, 11) is 0. The summed E-state index contributed by atoms with van der Waals surface area (Å²) in [5, 5.41) is 0. The van der Waals surface area contributed by atoms with Crippen LogP contribution in [-0.4, -0.2) is 51.9 Å². The molecule has 3 aromatic rings. The molecule has 2 aliphatic heterocycles. The lowest BCUT2D eigenvalue weighted by Gasteiger charge is -2.30. The number of hydrogen-bond donors (Lipinski definition) is 0. The zero-order valence-electron chi connectivity index (χ0n) is 17.8. The molecule has 0 N–H and O–H groups in total. The molecule has 0 bridgehead atoms. The van der Waals surface area contributed by atoms with E-state index in [9.17, 15) is 4.79 Å². The molecule has 2 aliphatic rings. The molecule has 2 saturated heterocycles. The van der Waals surface area contributed by atoms with Crippen molar-refractivity contribution in [2.75, 3.05) is 31.1 Å². The lowest BCUT2D eigenvalue weighted by molar-refractivity contribution is 0.0770. The lowest BCUT2D eigenvalue weighted by atomic mass is 9.76. The molecule has 31 heavy (non-hydrogen) atoms. The van der Waals surface area contributed by atoms with Crippen molar-refractivity contribution >= 4 is 11.7 Å². The zero-order valence-corrected chi connectivity index (χ0v) is 17.8. The number of hydrogen-bond acceptors (Lipinski definition) is 5. The maximum Gasteiger partial charge on any atom is 0.253 e. The fourth-order valence-electron chi connectivity index (χ4n) is 5.20. The van der Waals surface area contributed by atoms with Crippen LogP contribution in [0.15, 0.2) is 67.1 Å². The standard InChI is InChI=1S/C25H27N5O/c1-19-27-14-10-23(28-19)29-15-22-16-30(24(31)21-8-12-26-13-9-21)18-25(22,17-29)11-7-20-5-3-2-4-6-20/h2-6,8-10,12-14,22H,7,11,15-18H2,1H3/t22-,25+/m0/s1. The second-order valence-corrected chi connectivity index (χ2v) is 8.81. The summed E-state index contributed by atoms with van der Waals surface area (Å²) < 4.78 is 0. The molecule has 2 atom stereocenters. The van der Waals surface area contributed by atoms with Gasteiger partial charge in [0.25, 0.3) is 5.91 Å². The molecule has 5 rings (SSSR count). The van der Waals surface area contributed by atoms with Crippen molar-refractivity contribution in [2.45, 2.75) is 19.8 Å². The third kappa shape index (κ3) is 3.90. The minimum atomic E-state index is 0.0669. The largest absolute Gasteiger partial charge is 0.356 e. The topological polar surface area (TPSA) is 62.2 Å². The highest BCUT2D eigenvalue weighted by atomic mass is 16.2. The Labute approximate surface area is 183 Å². The Morgan fingerprint density at radius 2 is 1.84 bits per heavy atom. The smallest absolute Gasteiger partial charge is 0.253 e. The lowest BCUT2D eigenvalue weighted by Crippen LogP contribution is -2.37. The van der Waals surface area contributed by atoms with E-state index >= 15 is 0 Å². The molecule has 0 unspecified atom stereocenters. The van der Waals surface area contributed by atoms with E-state index in [1.165, 1.54) is 5.56 Å². The first-order chi connectivity index (χ1) is 15.1. The molecule has 2 aromatic heterocycles. The monoisotopic (exact) mass is 413 g/mol. The molecular formula is C25H27N5O. The van der Waals surface area contributed by atoms with Gasteiger partial charge in [0.1, 0.15) is 11.6 Å². The molecule has 1 aromatic carbocycles. The molecule has 2 fully saturated rings. The second-order valence-electron chi connectivity index (χ2n) is 8.81. The average molecular weight is 414 g/mol. The van der Waals surface area contributed by atoms with E-state index in [0.717, 1.165) is 56.2 Å². The summed E-state index contributed by atoms with van der Waals surface area (Å²) in [5.41, 5.74) is 2.14. The van der Waals surface area contributed by atoms with E-state index in [-0.39, 0.29) is 11.3 Å². The Morgan fingerprint density at radius 1 is 1.03 bits per heavy atom. The molecule has 0 spiro atoms. The number of fused-ring (bicyclic) bond motifs is 1. The van der Waals surface area contributed by atoms with E-state index in [2.05, 4.69) is 50.2 Å². The number of anilines is 1. The van der Waals surface area contributed by atoms with Crippen LogP contribution in [0.2, 0.25) is 0 Å². The van der Waals surface area contributed by atoms with Gasteiger partial charge in [-0.05, 0) is 43.5 Å². The van der Waals surface area contributed by atoms with Gasteiger partial charge in [-0.25, -0.2) is 9.97 Å². The number of benzene rings is 1. The van der Waals surface area contributed by atoms with Crippen molar-refractivity contribution in [3.63, 3.8) is 0 Å². The average Bonchev–Trinajstić information content (AvgIpc) is 3.33. The number of rotatable bonds is 5. The number of carbonyl (C=O) groups is 1. The van der Waals surface area contributed by atoms with Gasteiger partial charge < -0.3 is 9.80 Å². The van der Waals surface area contributed by atoms with Crippen LogP contribution < -0.4 is 4.90 Å². The summed E-state index contributed by atoms with van der Waals surface area (Å²) in [6, 6.07) is 16.3. The number of aryl methyl sites for hydroxylation is 2. The predicted molar refractivity (Wildman–Crippen MR) is 120 cm³/mol. The van der Waals surface area contributed by atoms with Crippen LogP contribution in [0.5, 0.6) is 0 Å². The Hall–Kier alpha value is -3.28. The molecule has 0 radical (unpaired) electrons. The van der Waals surface area contributed by atoms with Crippen molar-refractivity contribution in [3.05, 3.63) is 84.1 Å². The minimum absolute atomic E-state index is 0.0669. The highest BCUT2D eigenvalue weighted by molar-refractivity contribution is 5.94. The Balaban J connectivity index is 1.39. The Morgan fingerprint density at radius 3 is 2.61 bits per heavy atom. The van der Waals surface area contributed by atoms with Crippen molar-refractivity contribution in [3.8, 4) is 0 Å². The fourth-order valence-corrected chi connectivity index (χ4v) is 5.20. The predicted octanol–water partition coefficient (Wildman–Crippen LogP) is 3.39. The van der Waals surface area contributed by atoms with Gasteiger partial charge in [0, 0.05) is 61.7 Å². The minimum Gasteiger partial charge on any atom is -0.356 e. The van der Waals surface area contributed by atoms with Gasteiger partial charge >= 0.3 is 0 Å². The van der Waals surface area contributed by atoms with Crippen LogP contribution in [0.1, 0.15) is 28.2 Å². The van der Waals surface area contributed by atoms with E-state index in [4.69, 9.17) is 0 Å². The zero-order chi connectivity index (χ0) is 21.3. The molecule has 6 heteroatoms. The van der Waals surface area contributed by atoms with Crippen LogP contribution in [0.4, 0.5) is 5.82 Å². The highest BCUT2D eigenvalue weighted by Gasteiger charge is 2.53. The summed E-state index contributed by atoms with van der Waals surface area (Å²) in [6.45, 7) is 5.34. The molecule has 4 heterocycles. The van der Waals surface area contributed by atoms with Crippen molar-refractivity contribution in [1.29, 1.82) is 0 Å². The van der Waals surface area contributed by atoms with Crippen LogP contribution in [0.3, 0.4) is 0 Å². The number of pyridine rings is 1. The normalized spacial score (nSPS) is 22.5. The molecule has 6 nitrogen and oxygen atoms in total. The first kappa shape index (κ1) is 19.7. The van der Waals surface area contributed by atoms with E-state index in [1.54, 1.807) is 12.4 Å². The van der Waals surface area contributed by atoms with Gasteiger partial charge in [-0.3, -0.25) is 9.78 Å². The van der Waals surface area contributed by atoms with Gasteiger partial charge in [-0.15, -0.1) is 0 Å². The third-order valence-corrected chi connectivity index (χ3v) is 6.81. The Bertz CT molecular complexity index is 1060. The summed E-state index contributed by atoms with van der Waals surface area (Å²) in [6.07, 6.45) is 7.29. The number of aromatic nitrogens is 3. The second kappa shape index (κ2) is 8.10. The maximum atomic E-state index is 13.2. The molecule has 158 valence electrons. The van der Waals surface area contributed by atoms with Crippen LogP contribution in [0.25, 0.3) is 0 Å². The van der Waals surface area contributed by atoms with E-state index in [0.29, 0.717) is 5.92 Å². The Kier molecular flexibility index (Phi) is 5.14. The number of nitrogens with zero attached hydrogens (tertiary/aromatic N) is 5. The molecule has 0 aliphatic carbocycles. The number of likely N-dealkylation sites (tertiary alicyclic amines) is 1. The van der Waals surface area contributed by atoms with Crippen molar-refractivity contribution in [1.82, 2.24) is 19.9 Å². The van der Waals surface area contributed by atoms with Crippen LogP contribution >= 0.6 is 0 Å². The van der Waals surface area contributed by atoms with Gasteiger partial charge in [-0.1, -0.05) is 30.3 Å². The van der Waals surface area contributed by atoms with Gasteiger partial charge in [0.15, 0.2) is 0 Å². The van der Waals surface area contributed by atoms with Gasteiger partial charge in [-0.2, -0.15) is 0 Å². The number of amides is 1. The summed E-state index contributed by atoms with van der Waals surface area (Å²) >= 11 is 0. The van der Waals surface area contributed by atoms with Gasteiger partial charge in [0.05, 0.1) is 0 Å². The highest BCUT2D eigenvalue weighted by Crippen LogP contribution is 2.47. The van der Waals surface area contributed by atoms with Crippen molar-refractivity contribution in [2.24, 2.45) is 11.3 Å².